The Morgan fingerprint density at radius 1 is 0.429 bits per heavy atom. The van der Waals surface area contributed by atoms with Gasteiger partial charge in [-0.05, 0) is 106 Å². The molecule has 0 saturated carbocycles. The Kier molecular flexibility index (Phi) is 7.58. The molecule has 0 aliphatic carbocycles. The molecule has 0 atom stereocenters. The first-order valence-electron chi connectivity index (χ1n) is 18.9. The van der Waals surface area contributed by atoms with Crippen molar-refractivity contribution in [2.75, 3.05) is 4.90 Å². The van der Waals surface area contributed by atoms with Crippen LogP contribution in [-0.2, 0) is 0 Å². The normalized spacial score (nSPS) is 11.7. The van der Waals surface area contributed by atoms with Crippen LogP contribution in [-0.4, -0.2) is 4.57 Å². The summed E-state index contributed by atoms with van der Waals surface area (Å²) in [5, 5.41) is 6.59. The van der Waals surface area contributed by atoms with Gasteiger partial charge in [0, 0.05) is 53.7 Å². The van der Waals surface area contributed by atoms with Gasteiger partial charge in [0.2, 0.25) is 0 Å². The van der Waals surface area contributed by atoms with Gasteiger partial charge in [0.1, 0.15) is 5.82 Å². The first kappa shape index (κ1) is 32.4. The van der Waals surface area contributed by atoms with Crippen molar-refractivity contribution in [3.05, 3.63) is 206 Å². The second-order valence-electron chi connectivity index (χ2n) is 14.3. The number of thiophene rings is 1. The number of halogens is 1. The zero-order valence-electron chi connectivity index (χ0n) is 30.2. The van der Waals surface area contributed by atoms with E-state index in [0.717, 1.165) is 44.7 Å². The minimum absolute atomic E-state index is 0.215. The summed E-state index contributed by atoms with van der Waals surface area (Å²) in [5.74, 6) is -0.215. The van der Waals surface area contributed by atoms with Crippen LogP contribution in [0.25, 0.3) is 80.7 Å². The molecule has 0 bridgehead atoms. The minimum atomic E-state index is -0.215. The highest BCUT2D eigenvalue weighted by Gasteiger charge is 2.19. The molecular weight excluding hydrogens is 704 g/mol. The fourth-order valence-corrected chi connectivity index (χ4v) is 9.65. The number of anilines is 3. The van der Waals surface area contributed by atoms with Crippen molar-refractivity contribution in [1.82, 2.24) is 4.57 Å². The molecule has 0 aliphatic heterocycles. The zero-order chi connectivity index (χ0) is 37.2. The average molecular weight is 737 g/mol. The van der Waals surface area contributed by atoms with E-state index in [1.165, 1.54) is 47.6 Å². The van der Waals surface area contributed by atoms with E-state index in [-0.39, 0.29) is 5.82 Å². The molecule has 11 aromatic rings. The molecule has 0 amide bonds. The predicted molar refractivity (Wildman–Crippen MR) is 237 cm³/mol. The number of aromatic nitrogens is 1. The summed E-state index contributed by atoms with van der Waals surface area (Å²) < 4.78 is 20.2. The van der Waals surface area contributed by atoms with Gasteiger partial charge in [-0.2, -0.15) is 0 Å². The second-order valence-corrected chi connectivity index (χ2v) is 15.3. The van der Waals surface area contributed by atoms with Gasteiger partial charge < -0.3 is 9.47 Å². The number of benzene rings is 9. The van der Waals surface area contributed by atoms with E-state index in [2.05, 4.69) is 173 Å². The fraction of sp³-hybridized carbons (Fsp3) is 0. The molecule has 0 fully saturated rings. The van der Waals surface area contributed by atoms with Gasteiger partial charge >= 0.3 is 0 Å². The largest absolute Gasteiger partial charge is 0.310 e. The van der Waals surface area contributed by atoms with Crippen molar-refractivity contribution < 1.29 is 4.39 Å². The van der Waals surface area contributed by atoms with E-state index in [0.29, 0.717) is 5.39 Å². The first-order valence-corrected chi connectivity index (χ1v) is 19.7. The number of hydrogen-bond donors (Lipinski definition) is 0. The lowest BCUT2D eigenvalue weighted by Gasteiger charge is -2.26. The Morgan fingerprint density at radius 3 is 1.91 bits per heavy atom. The van der Waals surface area contributed by atoms with E-state index in [9.17, 15) is 0 Å². The van der Waals surface area contributed by atoms with E-state index >= 15 is 4.39 Å². The topological polar surface area (TPSA) is 8.17 Å². The Labute approximate surface area is 327 Å². The Bertz CT molecular complexity index is 3270. The maximum Gasteiger partial charge on any atom is 0.133 e. The third kappa shape index (κ3) is 5.30. The average Bonchev–Trinajstić information content (AvgIpc) is 3.81. The number of rotatable bonds is 6. The molecule has 0 saturated heterocycles. The predicted octanol–water partition coefficient (Wildman–Crippen LogP) is 15.2. The van der Waals surface area contributed by atoms with Gasteiger partial charge in [0.15, 0.2) is 0 Å². The molecule has 264 valence electrons. The summed E-state index contributed by atoms with van der Waals surface area (Å²) in [6.45, 7) is 0. The molecule has 0 N–H and O–H groups in total. The maximum absolute atomic E-state index is 15.4. The lowest BCUT2D eigenvalue weighted by molar-refractivity contribution is 0.640. The smallest absolute Gasteiger partial charge is 0.133 e. The maximum atomic E-state index is 15.4. The van der Waals surface area contributed by atoms with Crippen LogP contribution in [0.5, 0.6) is 0 Å². The Morgan fingerprint density at radius 2 is 1.07 bits per heavy atom. The van der Waals surface area contributed by atoms with Crippen molar-refractivity contribution in [2.24, 2.45) is 0 Å². The Hall–Kier alpha value is -7.01. The standard InChI is InChI=1S/C52H33FN2S/c53-47-18-9-20-49-51(47)46-15-3-5-19-48(46)55(49)42-13-7-12-41(33-42)54(39-28-24-35(25-29-39)38-23-22-34-10-1-2-11-37(34)32-38)40-30-26-36(27-31-40)43-16-8-17-45-44-14-4-6-21-50(44)56-52(43)45/h1-33H. The summed E-state index contributed by atoms with van der Waals surface area (Å²) in [4.78, 5) is 2.31. The third-order valence-corrected chi connectivity index (χ3v) is 12.3. The number of nitrogens with zero attached hydrogens (tertiary/aromatic N) is 2. The third-order valence-electron chi connectivity index (χ3n) is 11.0. The van der Waals surface area contributed by atoms with Gasteiger partial charge in [-0.1, -0.05) is 127 Å². The van der Waals surface area contributed by atoms with Crippen molar-refractivity contribution >= 4 is 81.1 Å². The van der Waals surface area contributed by atoms with E-state index in [4.69, 9.17) is 0 Å². The van der Waals surface area contributed by atoms with Crippen LogP contribution >= 0.6 is 11.3 Å². The van der Waals surface area contributed by atoms with Gasteiger partial charge in [-0.15, -0.1) is 11.3 Å². The molecule has 0 radical (unpaired) electrons. The monoisotopic (exact) mass is 736 g/mol. The minimum Gasteiger partial charge on any atom is -0.310 e. The summed E-state index contributed by atoms with van der Waals surface area (Å²) in [7, 11) is 0. The lowest BCUT2D eigenvalue weighted by Crippen LogP contribution is -2.10. The van der Waals surface area contributed by atoms with Crippen LogP contribution in [0.3, 0.4) is 0 Å². The molecule has 2 aromatic heterocycles. The molecule has 11 rings (SSSR count). The summed E-state index contributed by atoms with van der Waals surface area (Å²) in [5.41, 5.74) is 10.6. The number of para-hydroxylation sites is 1. The van der Waals surface area contributed by atoms with Crippen molar-refractivity contribution in [1.29, 1.82) is 0 Å². The molecular formula is C52H33FN2S. The van der Waals surface area contributed by atoms with Crippen LogP contribution in [0.4, 0.5) is 21.5 Å². The summed E-state index contributed by atoms with van der Waals surface area (Å²) >= 11 is 1.85. The van der Waals surface area contributed by atoms with Crippen LogP contribution in [0.2, 0.25) is 0 Å². The molecule has 56 heavy (non-hydrogen) atoms. The fourth-order valence-electron chi connectivity index (χ4n) is 8.41. The van der Waals surface area contributed by atoms with Crippen molar-refractivity contribution in [3.8, 4) is 27.9 Å². The molecule has 2 heterocycles. The highest BCUT2D eigenvalue weighted by Crippen LogP contribution is 2.43. The van der Waals surface area contributed by atoms with Crippen LogP contribution < -0.4 is 4.90 Å². The van der Waals surface area contributed by atoms with Crippen LogP contribution in [0.15, 0.2) is 200 Å². The molecule has 2 nitrogen and oxygen atoms in total. The van der Waals surface area contributed by atoms with Gasteiger partial charge in [0.25, 0.3) is 0 Å². The highest BCUT2D eigenvalue weighted by atomic mass is 32.1. The number of hydrogen-bond acceptors (Lipinski definition) is 2. The second kappa shape index (κ2) is 13.1. The molecule has 9 aromatic carbocycles. The Balaban J connectivity index is 1.05. The van der Waals surface area contributed by atoms with Crippen molar-refractivity contribution in [2.45, 2.75) is 0 Å². The SMILES string of the molecule is Fc1cccc2c1c1ccccc1n2-c1cccc(N(c2ccc(-c3ccc4ccccc4c3)cc2)c2ccc(-c3cccc4c3sc3ccccc34)cc2)c1. The quantitative estimate of drug-likeness (QED) is 0.165. The highest BCUT2D eigenvalue weighted by molar-refractivity contribution is 7.26. The van der Waals surface area contributed by atoms with E-state index < -0.39 is 0 Å². The van der Waals surface area contributed by atoms with Gasteiger partial charge in [0.05, 0.1) is 11.0 Å². The first-order chi connectivity index (χ1) is 27.7. The van der Waals surface area contributed by atoms with E-state index in [1.807, 2.05) is 35.6 Å². The lowest BCUT2D eigenvalue weighted by atomic mass is 10.0. The summed E-state index contributed by atoms with van der Waals surface area (Å²) in [6.07, 6.45) is 0. The molecule has 0 spiro atoms. The summed E-state index contributed by atoms with van der Waals surface area (Å²) in [6, 6.07) is 70.2. The van der Waals surface area contributed by atoms with Crippen LogP contribution in [0.1, 0.15) is 0 Å². The molecule has 4 heteroatoms. The van der Waals surface area contributed by atoms with Crippen LogP contribution in [0, 0.1) is 5.82 Å². The zero-order valence-corrected chi connectivity index (χ0v) is 31.0. The number of fused-ring (bicyclic) bond motifs is 7. The molecule has 0 unspecified atom stereocenters. The van der Waals surface area contributed by atoms with E-state index in [1.54, 1.807) is 12.1 Å². The van der Waals surface area contributed by atoms with Crippen molar-refractivity contribution in [3.63, 3.8) is 0 Å². The van der Waals surface area contributed by atoms with Gasteiger partial charge in [-0.3, -0.25) is 0 Å². The molecule has 0 aliphatic rings. The van der Waals surface area contributed by atoms with Gasteiger partial charge in [-0.25, -0.2) is 4.39 Å².